The highest BCUT2D eigenvalue weighted by Crippen LogP contribution is 2.35. The molecule has 4 aromatic heterocycles. The predicted octanol–water partition coefficient (Wildman–Crippen LogP) is 6.16. The Morgan fingerprint density at radius 1 is 0.977 bits per heavy atom. The van der Waals surface area contributed by atoms with Gasteiger partial charge < -0.3 is 10.3 Å². The molecule has 9 nitrogen and oxygen atoms in total. The summed E-state index contributed by atoms with van der Waals surface area (Å²) < 4.78 is 38.0. The van der Waals surface area contributed by atoms with Crippen molar-refractivity contribution in [1.29, 1.82) is 0 Å². The van der Waals surface area contributed by atoms with E-state index in [0.29, 0.717) is 22.5 Å². The van der Waals surface area contributed by atoms with Gasteiger partial charge in [-0.15, -0.1) is 0 Å². The van der Waals surface area contributed by atoms with Crippen LogP contribution < -0.4 is 5.32 Å². The number of nitrogens with zero attached hydrogens (tertiary/aromatic N) is 3. The number of rotatable bonds is 8. The number of carbonyl (C=O) groups excluding carboxylic acids is 1. The normalized spacial score (nSPS) is 11.9. The molecule has 0 atom stereocenters. The lowest BCUT2D eigenvalue weighted by atomic mass is 9.98. The van der Waals surface area contributed by atoms with E-state index in [1.54, 1.807) is 18.6 Å². The van der Waals surface area contributed by atoms with Crippen molar-refractivity contribution in [2.75, 3.05) is 17.3 Å². The Labute approximate surface area is 247 Å². The molecule has 0 fully saturated rings. The fourth-order valence-corrected chi connectivity index (χ4v) is 5.62. The minimum Gasteiger partial charge on any atom is -0.353 e. The molecule has 0 aliphatic heterocycles. The summed E-state index contributed by atoms with van der Waals surface area (Å²) in [6.07, 6.45) is 6.44. The third-order valence-corrected chi connectivity index (χ3v) is 8.18. The minimum atomic E-state index is -3.18. The van der Waals surface area contributed by atoms with Gasteiger partial charge in [-0.3, -0.25) is 14.9 Å². The van der Waals surface area contributed by atoms with E-state index in [-0.39, 0.29) is 24.0 Å². The summed E-state index contributed by atoms with van der Waals surface area (Å²) in [6, 6.07) is 16.2. The summed E-state index contributed by atoms with van der Waals surface area (Å²) in [5, 5.41) is 12.0. The highest BCUT2D eigenvalue weighted by Gasteiger charge is 2.16. The maximum Gasteiger partial charge on any atom is 0.226 e. The van der Waals surface area contributed by atoms with Gasteiger partial charge in [0.25, 0.3) is 0 Å². The largest absolute Gasteiger partial charge is 0.353 e. The monoisotopic (exact) mass is 596 g/mol. The summed E-state index contributed by atoms with van der Waals surface area (Å²) in [7, 11) is -3.18. The fraction of sp³-hybridized carbons (Fsp3) is 0.188. The average Bonchev–Trinajstić information content (AvgIpc) is 3.59. The number of anilines is 1. The van der Waals surface area contributed by atoms with Crippen LogP contribution in [-0.2, 0) is 21.1 Å². The molecular formula is C32H29FN6O3S. The lowest BCUT2D eigenvalue weighted by Crippen LogP contribution is -2.17. The number of aromatic nitrogens is 5. The third-order valence-electron chi connectivity index (χ3n) is 7.24. The van der Waals surface area contributed by atoms with Gasteiger partial charge >= 0.3 is 0 Å². The van der Waals surface area contributed by atoms with Gasteiger partial charge in [0, 0.05) is 52.0 Å². The van der Waals surface area contributed by atoms with E-state index in [9.17, 15) is 17.6 Å². The number of benzene rings is 2. The number of aryl methyl sites for hydroxylation is 1. The predicted molar refractivity (Wildman–Crippen MR) is 167 cm³/mol. The third kappa shape index (κ3) is 6.02. The van der Waals surface area contributed by atoms with Crippen molar-refractivity contribution in [2.24, 2.45) is 5.92 Å². The Morgan fingerprint density at radius 2 is 1.79 bits per heavy atom. The first-order chi connectivity index (χ1) is 20.5. The number of aromatic amines is 2. The van der Waals surface area contributed by atoms with Gasteiger partial charge in [0.15, 0.2) is 5.65 Å². The molecule has 6 rings (SSSR count). The van der Waals surface area contributed by atoms with Gasteiger partial charge in [-0.05, 0) is 59.5 Å². The molecule has 6 aromatic rings. The lowest BCUT2D eigenvalue weighted by Gasteiger charge is -2.09. The molecule has 0 saturated carbocycles. The number of H-pyrrole nitrogens is 2. The highest BCUT2D eigenvalue weighted by atomic mass is 32.2. The van der Waals surface area contributed by atoms with Crippen LogP contribution in [0.2, 0.25) is 0 Å². The van der Waals surface area contributed by atoms with Crippen molar-refractivity contribution >= 4 is 43.4 Å². The van der Waals surface area contributed by atoms with Crippen LogP contribution >= 0.6 is 0 Å². The zero-order valence-electron chi connectivity index (χ0n) is 23.8. The van der Waals surface area contributed by atoms with Gasteiger partial charge in [-0.25, -0.2) is 17.8 Å². The van der Waals surface area contributed by atoms with Crippen molar-refractivity contribution in [3.8, 4) is 33.6 Å². The first-order valence-electron chi connectivity index (χ1n) is 13.7. The van der Waals surface area contributed by atoms with Gasteiger partial charge in [0.05, 0.1) is 29.0 Å². The quantitative estimate of drug-likeness (QED) is 0.193. The minimum absolute atomic E-state index is 0.0513. The van der Waals surface area contributed by atoms with Crippen LogP contribution in [0.3, 0.4) is 0 Å². The van der Waals surface area contributed by atoms with E-state index in [2.05, 4.69) is 30.5 Å². The number of hydrogen-bond donors (Lipinski definition) is 3. The second kappa shape index (κ2) is 11.1. The zero-order chi connectivity index (χ0) is 30.3. The summed E-state index contributed by atoms with van der Waals surface area (Å²) in [5.74, 6) is -0.722. The summed E-state index contributed by atoms with van der Waals surface area (Å²) in [6.45, 7) is 3.66. The molecule has 0 bridgehead atoms. The maximum atomic E-state index is 14.6. The van der Waals surface area contributed by atoms with Crippen LogP contribution in [0.4, 0.5) is 10.1 Å². The SMILES string of the molecule is CC(C)C(=O)Nc1cncc(-c2cnc3n[nH]c(-c4cc5c(-c6cc(F)cc(CCS(C)(=O)=O)c6)cccc5[nH]4)c3c2)c1. The first-order valence-corrected chi connectivity index (χ1v) is 15.8. The highest BCUT2D eigenvalue weighted by molar-refractivity contribution is 7.90. The molecule has 0 aliphatic carbocycles. The molecule has 11 heteroatoms. The van der Waals surface area contributed by atoms with E-state index in [1.807, 2.05) is 56.3 Å². The molecule has 0 unspecified atom stereocenters. The van der Waals surface area contributed by atoms with E-state index in [4.69, 9.17) is 0 Å². The number of fused-ring (bicyclic) bond motifs is 2. The van der Waals surface area contributed by atoms with Gasteiger partial charge in [0.2, 0.25) is 5.91 Å². The van der Waals surface area contributed by atoms with Crippen LogP contribution in [-0.4, -0.2) is 51.5 Å². The first kappa shape index (κ1) is 28.2. The average molecular weight is 597 g/mol. The van der Waals surface area contributed by atoms with E-state index >= 15 is 0 Å². The summed E-state index contributed by atoms with van der Waals surface area (Å²) in [5.41, 5.74) is 7.18. The Balaban J connectivity index is 1.38. The molecule has 3 N–H and O–H groups in total. The molecule has 2 aromatic carbocycles. The molecule has 218 valence electrons. The summed E-state index contributed by atoms with van der Waals surface area (Å²) in [4.78, 5) is 24.5. The molecule has 0 aliphatic rings. The van der Waals surface area contributed by atoms with Crippen molar-refractivity contribution in [2.45, 2.75) is 20.3 Å². The smallest absolute Gasteiger partial charge is 0.226 e. The number of nitrogens with one attached hydrogen (secondary N) is 3. The Hall–Kier alpha value is -4.90. The van der Waals surface area contributed by atoms with Crippen molar-refractivity contribution < 1.29 is 17.6 Å². The zero-order valence-corrected chi connectivity index (χ0v) is 24.6. The Kier molecular flexibility index (Phi) is 7.26. The molecule has 1 amide bonds. The molecule has 0 radical (unpaired) electrons. The standard InChI is InChI=1S/C32H29FN6O3S/c1-18(2)32(40)36-24-12-21(15-34-17-24)22-13-27-30(38-39-31(27)35-16-22)29-14-26-25(5-4-6-28(26)37-29)20-9-19(10-23(33)11-20)7-8-43(3,41)42/h4-6,9-18,37H,7-8H2,1-3H3,(H,36,40)(H,35,38,39). The molecule has 0 spiro atoms. The van der Waals surface area contributed by atoms with Crippen LogP contribution in [0.1, 0.15) is 19.4 Å². The van der Waals surface area contributed by atoms with Crippen molar-refractivity contribution in [3.63, 3.8) is 0 Å². The van der Waals surface area contributed by atoms with Gasteiger partial charge in [-0.1, -0.05) is 32.0 Å². The van der Waals surface area contributed by atoms with Crippen LogP contribution in [0.15, 0.2) is 73.2 Å². The van der Waals surface area contributed by atoms with Gasteiger partial charge in [-0.2, -0.15) is 5.10 Å². The maximum absolute atomic E-state index is 14.6. The molecular weight excluding hydrogens is 567 g/mol. The number of halogens is 1. The number of sulfone groups is 1. The van der Waals surface area contributed by atoms with Crippen molar-refractivity contribution in [1.82, 2.24) is 25.1 Å². The molecule has 4 heterocycles. The fourth-order valence-electron chi connectivity index (χ4n) is 5.01. The Bertz CT molecular complexity index is 2120. The van der Waals surface area contributed by atoms with Gasteiger partial charge in [0.1, 0.15) is 15.7 Å². The lowest BCUT2D eigenvalue weighted by molar-refractivity contribution is -0.118. The number of amides is 1. The van der Waals surface area contributed by atoms with Crippen LogP contribution in [0, 0.1) is 11.7 Å². The van der Waals surface area contributed by atoms with Crippen molar-refractivity contribution in [3.05, 3.63) is 84.6 Å². The Morgan fingerprint density at radius 3 is 2.58 bits per heavy atom. The second-order valence-electron chi connectivity index (χ2n) is 11.0. The van der Waals surface area contributed by atoms with E-state index in [1.165, 1.54) is 18.4 Å². The van der Waals surface area contributed by atoms with Crippen LogP contribution in [0.5, 0.6) is 0 Å². The number of pyridine rings is 2. The van der Waals surface area contributed by atoms with E-state index < -0.39 is 15.7 Å². The second-order valence-corrected chi connectivity index (χ2v) is 13.2. The molecule has 43 heavy (non-hydrogen) atoms. The summed E-state index contributed by atoms with van der Waals surface area (Å²) >= 11 is 0. The number of carbonyl (C=O) groups is 1. The van der Waals surface area contributed by atoms with E-state index in [0.717, 1.165) is 44.4 Å². The van der Waals surface area contributed by atoms with Crippen LogP contribution in [0.25, 0.3) is 55.6 Å². The number of hydrogen-bond acceptors (Lipinski definition) is 6. The topological polar surface area (TPSA) is 133 Å². The molecule has 0 saturated heterocycles.